The van der Waals surface area contributed by atoms with E-state index in [9.17, 15) is 0 Å². The Labute approximate surface area is 133 Å². The lowest BCUT2D eigenvalue weighted by Gasteiger charge is -2.06. The van der Waals surface area contributed by atoms with Gasteiger partial charge in [0.15, 0.2) is 0 Å². The molecule has 108 valence electrons. The average molecular weight is 335 g/mol. The molecule has 2 rings (SSSR count). The van der Waals surface area contributed by atoms with Crippen molar-refractivity contribution in [2.75, 3.05) is 11.9 Å². The molecule has 4 heteroatoms. The molecular formula is C15H24ClPS2. The van der Waals surface area contributed by atoms with E-state index in [0.717, 1.165) is 13.8 Å². The lowest BCUT2D eigenvalue weighted by atomic mass is 10.1. The fourth-order valence-electron chi connectivity index (χ4n) is 2.19. The first kappa shape index (κ1) is 17.7. The minimum atomic E-state index is 0. The molecule has 1 fully saturated rings. The van der Waals surface area contributed by atoms with Crippen LogP contribution >= 0.6 is 42.6 Å². The van der Waals surface area contributed by atoms with Crippen molar-refractivity contribution >= 4 is 42.6 Å². The summed E-state index contributed by atoms with van der Waals surface area (Å²) >= 11 is 0. The zero-order chi connectivity index (χ0) is 12.5. The molecule has 0 N–H and O–H groups in total. The highest BCUT2D eigenvalue weighted by Gasteiger charge is 2.15. The molecule has 19 heavy (non-hydrogen) atoms. The minimum absolute atomic E-state index is 0. The molecule has 2 unspecified atom stereocenters. The van der Waals surface area contributed by atoms with Gasteiger partial charge in [-0.25, -0.2) is 0 Å². The molecule has 1 aliphatic rings. The molecule has 0 amide bonds. The van der Waals surface area contributed by atoms with Crippen LogP contribution in [0, 0.1) is 0 Å². The van der Waals surface area contributed by atoms with E-state index < -0.39 is 0 Å². The van der Waals surface area contributed by atoms with Gasteiger partial charge < -0.3 is 0 Å². The third kappa shape index (κ3) is 7.85. The van der Waals surface area contributed by atoms with Crippen LogP contribution in [0.15, 0.2) is 30.3 Å². The Morgan fingerprint density at radius 1 is 1.11 bits per heavy atom. The molecule has 1 saturated heterocycles. The molecule has 0 radical (unpaired) electrons. The van der Waals surface area contributed by atoms with Crippen molar-refractivity contribution in [3.05, 3.63) is 35.9 Å². The Balaban J connectivity index is 0.00000180. The summed E-state index contributed by atoms with van der Waals surface area (Å²) in [4.78, 5) is 0. The highest BCUT2D eigenvalue weighted by molar-refractivity contribution is 8.77. The molecule has 0 aliphatic carbocycles. The predicted octanol–water partition coefficient (Wildman–Crippen LogP) is 6.00. The minimum Gasteiger partial charge on any atom is -0.147 e. The quantitative estimate of drug-likeness (QED) is 0.325. The van der Waals surface area contributed by atoms with Gasteiger partial charge in [0.1, 0.15) is 0 Å². The summed E-state index contributed by atoms with van der Waals surface area (Å²) in [5.74, 6) is 1.38. The normalized spacial score (nSPS) is 18.8. The van der Waals surface area contributed by atoms with Crippen LogP contribution in [-0.2, 0) is 6.16 Å². The third-order valence-corrected chi connectivity index (χ3v) is 7.65. The summed E-state index contributed by atoms with van der Waals surface area (Å²) in [6, 6.07) is 10.9. The Bertz CT molecular complexity index is 315. The molecule has 0 bridgehead atoms. The van der Waals surface area contributed by atoms with Crippen molar-refractivity contribution < 1.29 is 0 Å². The van der Waals surface area contributed by atoms with Crippen LogP contribution in [-0.4, -0.2) is 17.2 Å². The van der Waals surface area contributed by atoms with Gasteiger partial charge in [-0.05, 0) is 37.1 Å². The molecule has 0 nitrogen and oxygen atoms in total. The van der Waals surface area contributed by atoms with Crippen molar-refractivity contribution in [1.82, 2.24) is 0 Å². The number of benzene rings is 1. The molecule has 0 saturated carbocycles. The van der Waals surface area contributed by atoms with Gasteiger partial charge in [-0.15, -0.1) is 21.0 Å². The second-order valence-electron chi connectivity index (χ2n) is 4.84. The van der Waals surface area contributed by atoms with E-state index >= 15 is 0 Å². The summed E-state index contributed by atoms with van der Waals surface area (Å²) in [5.41, 5.74) is 1.51. The van der Waals surface area contributed by atoms with E-state index in [-0.39, 0.29) is 12.4 Å². The Kier molecular flexibility index (Phi) is 10.5. The van der Waals surface area contributed by atoms with Crippen LogP contribution in [0.2, 0.25) is 0 Å². The van der Waals surface area contributed by atoms with E-state index in [4.69, 9.17) is 0 Å². The van der Waals surface area contributed by atoms with Crippen LogP contribution in [0.1, 0.15) is 37.7 Å². The van der Waals surface area contributed by atoms with E-state index in [1.807, 2.05) is 0 Å². The SMILES string of the molecule is Cl.c1ccc(CPCCCCCC2CCSS2)cc1. The predicted molar refractivity (Wildman–Crippen MR) is 97.5 cm³/mol. The standard InChI is InChI=1S/C15H23PS2.ClH/c1-3-7-14(8-4-1)13-16-11-6-2-5-9-15-10-12-17-18-15;/h1,3-4,7-8,15-16H,2,5-6,9-13H2;1H. The number of unbranched alkanes of at least 4 members (excludes halogenated alkanes) is 2. The Hall–Kier alpha value is 0.640. The zero-order valence-electron chi connectivity index (χ0n) is 11.3. The van der Waals surface area contributed by atoms with Gasteiger partial charge in [0, 0.05) is 11.0 Å². The van der Waals surface area contributed by atoms with Crippen molar-refractivity contribution in [2.24, 2.45) is 0 Å². The molecule has 1 aliphatic heterocycles. The molecule has 1 aromatic rings. The average Bonchev–Trinajstić information content (AvgIpc) is 2.92. The van der Waals surface area contributed by atoms with Crippen LogP contribution in [0.3, 0.4) is 0 Å². The van der Waals surface area contributed by atoms with Crippen LogP contribution in [0.4, 0.5) is 0 Å². The molecule has 2 atom stereocenters. The highest BCUT2D eigenvalue weighted by Crippen LogP contribution is 2.39. The highest BCUT2D eigenvalue weighted by atomic mass is 35.5. The second-order valence-corrected chi connectivity index (χ2v) is 8.98. The van der Waals surface area contributed by atoms with Crippen LogP contribution in [0.5, 0.6) is 0 Å². The molecular weight excluding hydrogens is 311 g/mol. The number of rotatable bonds is 8. The van der Waals surface area contributed by atoms with E-state index in [0.29, 0.717) is 0 Å². The van der Waals surface area contributed by atoms with Crippen molar-refractivity contribution in [2.45, 2.75) is 43.5 Å². The Morgan fingerprint density at radius 3 is 2.68 bits per heavy atom. The summed E-state index contributed by atoms with van der Waals surface area (Å²) in [6.45, 7) is 0. The van der Waals surface area contributed by atoms with Crippen LogP contribution < -0.4 is 0 Å². The number of hydrogen-bond donors (Lipinski definition) is 0. The molecule has 1 aromatic carbocycles. The molecule has 0 spiro atoms. The van der Waals surface area contributed by atoms with Gasteiger partial charge in [0.25, 0.3) is 0 Å². The van der Waals surface area contributed by atoms with Gasteiger partial charge in [-0.1, -0.05) is 64.8 Å². The first-order chi connectivity index (χ1) is 8.95. The first-order valence-corrected chi connectivity index (χ1v) is 10.8. The van der Waals surface area contributed by atoms with E-state index in [2.05, 4.69) is 51.9 Å². The fraction of sp³-hybridized carbons (Fsp3) is 0.600. The second kappa shape index (κ2) is 11.3. The van der Waals surface area contributed by atoms with Gasteiger partial charge in [-0.2, -0.15) is 0 Å². The number of hydrogen-bond acceptors (Lipinski definition) is 2. The lowest BCUT2D eigenvalue weighted by molar-refractivity contribution is 0.644. The summed E-state index contributed by atoms with van der Waals surface area (Å²) in [5, 5.41) is 0.974. The Morgan fingerprint density at radius 2 is 1.95 bits per heavy atom. The van der Waals surface area contributed by atoms with Crippen molar-refractivity contribution in [1.29, 1.82) is 0 Å². The van der Waals surface area contributed by atoms with Crippen molar-refractivity contribution in [3.63, 3.8) is 0 Å². The number of halogens is 1. The lowest BCUT2D eigenvalue weighted by Crippen LogP contribution is -1.96. The van der Waals surface area contributed by atoms with Crippen LogP contribution in [0.25, 0.3) is 0 Å². The zero-order valence-corrected chi connectivity index (χ0v) is 14.8. The maximum atomic E-state index is 2.25. The topological polar surface area (TPSA) is 0 Å². The van der Waals surface area contributed by atoms with Gasteiger partial charge in [0.2, 0.25) is 0 Å². The van der Waals surface area contributed by atoms with Gasteiger partial charge >= 0.3 is 0 Å². The third-order valence-electron chi connectivity index (χ3n) is 3.28. The molecule has 1 heterocycles. The molecule has 0 aromatic heterocycles. The fourth-order valence-corrected chi connectivity index (χ4v) is 6.42. The largest absolute Gasteiger partial charge is 0.147 e. The summed E-state index contributed by atoms with van der Waals surface area (Å²) in [6.07, 6.45) is 9.97. The maximum Gasteiger partial charge on any atom is 0.0159 e. The van der Waals surface area contributed by atoms with Gasteiger partial charge in [-0.3, -0.25) is 0 Å². The summed E-state index contributed by atoms with van der Waals surface area (Å²) < 4.78 is 0. The maximum absolute atomic E-state index is 2.25. The summed E-state index contributed by atoms with van der Waals surface area (Å²) in [7, 11) is 5.32. The first-order valence-electron chi connectivity index (χ1n) is 6.98. The van der Waals surface area contributed by atoms with Gasteiger partial charge in [0.05, 0.1) is 0 Å². The van der Waals surface area contributed by atoms with E-state index in [1.165, 1.54) is 55.7 Å². The monoisotopic (exact) mass is 334 g/mol. The smallest absolute Gasteiger partial charge is 0.0159 e. The van der Waals surface area contributed by atoms with E-state index in [1.54, 1.807) is 0 Å². The van der Waals surface area contributed by atoms with Crippen molar-refractivity contribution in [3.8, 4) is 0 Å².